The van der Waals surface area contributed by atoms with Gasteiger partial charge in [-0.25, -0.2) is 4.98 Å². The number of hydrogen-bond donors (Lipinski definition) is 1. The molecule has 7 nitrogen and oxygen atoms in total. The van der Waals surface area contributed by atoms with E-state index in [1.807, 2.05) is 60.7 Å². The van der Waals surface area contributed by atoms with Gasteiger partial charge in [0.25, 0.3) is 5.91 Å². The Morgan fingerprint density at radius 1 is 1.09 bits per heavy atom. The number of amides is 2. The minimum absolute atomic E-state index is 0.0437. The molecule has 1 aromatic heterocycles. The number of thiazole rings is 1. The van der Waals surface area contributed by atoms with Gasteiger partial charge in [-0.1, -0.05) is 60.7 Å². The van der Waals surface area contributed by atoms with Crippen molar-refractivity contribution in [3.63, 3.8) is 0 Å². The van der Waals surface area contributed by atoms with Crippen LogP contribution in [0.25, 0.3) is 0 Å². The Hall–Kier alpha value is -3.52. The van der Waals surface area contributed by atoms with E-state index in [1.54, 1.807) is 10.3 Å². The summed E-state index contributed by atoms with van der Waals surface area (Å²) in [6.45, 7) is 0.292. The van der Waals surface area contributed by atoms with Gasteiger partial charge in [0.2, 0.25) is 5.91 Å². The minimum atomic E-state index is -0.533. The first kappa shape index (κ1) is 22.7. The monoisotopic (exact) mass is 463 g/mol. The molecule has 1 aliphatic rings. The SMILES string of the molecule is O=C(COC(=O)Cc1csc(N2CCCC2=O)n1)NC(Cc1ccccc1)c1ccccc1. The van der Waals surface area contributed by atoms with Crippen LogP contribution in [0.5, 0.6) is 0 Å². The molecule has 1 fully saturated rings. The highest BCUT2D eigenvalue weighted by Gasteiger charge is 2.24. The summed E-state index contributed by atoms with van der Waals surface area (Å²) in [7, 11) is 0. The Labute approximate surface area is 196 Å². The second kappa shape index (κ2) is 10.9. The van der Waals surface area contributed by atoms with Crippen molar-refractivity contribution in [2.24, 2.45) is 0 Å². The second-order valence-corrected chi connectivity index (χ2v) is 8.66. The van der Waals surface area contributed by atoms with Gasteiger partial charge >= 0.3 is 5.97 Å². The summed E-state index contributed by atoms with van der Waals surface area (Å²) in [5.41, 5.74) is 2.61. The van der Waals surface area contributed by atoms with Crippen LogP contribution in [0.4, 0.5) is 5.13 Å². The highest BCUT2D eigenvalue weighted by atomic mass is 32.1. The third kappa shape index (κ3) is 6.26. The van der Waals surface area contributed by atoms with Crippen LogP contribution >= 0.6 is 11.3 Å². The van der Waals surface area contributed by atoms with E-state index < -0.39 is 5.97 Å². The quantitative estimate of drug-likeness (QED) is 0.491. The van der Waals surface area contributed by atoms with E-state index >= 15 is 0 Å². The number of ether oxygens (including phenoxy) is 1. The van der Waals surface area contributed by atoms with Crippen LogP contribution < -0.4 is 10.2 Å². The zero-order valence-corrected chi connectivity index (χ0v) is 18.9. The van der Waals surface area contributed by atoms with E-state index in [4.69, 9.17) is 4.74 Å². The molecule has 33 heavy (non-hydrogen) atoms. The summed E-state index contributed by atoms with van der Waals surface area (Å²) in [6.07, 6.45) is 1.93. The molecule has 0 spiro atoms. The zero-order valence-electron chi connectivity index (χ0n) is 18.1. The number of carbonyl (C=O) groups is 3. The number of carbonyl (C=O) groups excluding carboxylic acids is 3. The van der Waals surface area contributed by atoms with Gasteiger partial charge in [-0.05, 0) is 24.0 Å². The summed E-state index contributed by atoms with van der Waals surface area (Å²) < 4.78 is 5.18. The normalized spacial score (nSPS) is 14.2. The van der Waals surface area contributed by atoms with Gasteiger partial charge < -0.3 is 10.1 Å². The van der Waals surface area contributed by atoms with Crippen molar-refractivity contribution in [3.05, 3.63) is 82.9 Å². The van der Waals surface area contributed by atoms with Crippen molar-refractivity contribution < 1.29 is 19.1 Å². The fourth-order valence-corrected chi connectivity index (χ4v) is 4.59. The molecular weight excluding hydrogens is 438 g/mol. The Bertz CT molecular complexity index is 1100. The second-order valence-electron chi connectivity index (χ2n) is 7.83. The Kier molecular flexibility index (Phi) is 7.47. The predicted molar refractivity (Wildman–Crippen MR) is 126 cm³/mol. The fraction of sp³-hybridized carbons (Fsp3) is 0.280. The Balaban J connectivity index is 1.30. The molecule has 0 aliphatic carbocycles. The van der Waals surface area contributed by atoms with Gasteiger partial charge in [0.15, 0.2) is 11.7 Å². The van der Waals surface area contributed by atoms with Crippen molar-refractivity contribution in [2.75, 3.05) is 18.1 Å². The molecule has 170 valence electrons. The lowest BCUT2D eigenvalue weighted by Crippen LogP contribution is -2.33. The number of rotatable bonds is 9. The molecule has 0 radical (unpaired) electrons. The van der Waals surface area contributed by atoms with Gasteiger partial charge in [-0.2, -0.15) is 0 Å². The van der Waals surface area contributed by atoms with Crippen LogP contribution in [0.3, 0.4) is 0 Å². The Morgan fingerprint density at radius 2 is 1.82 bits per heavy atom. The van der Waals surface area contributed by atoms with E-state index in [0.29, 0.717) is 30.2 Å². The summed E-state index contributed by atoms with van der Waals surface area (Å²) in [4.78, 5) is 42.6. The highest BCUT2D eigenvalue weighted by Crippen LogP contribution is 2.25. The van der Waals surface area contributed by atoms with Crippen molar-refractivity contribution in [2.45, 2.75) is 31.7 Å². The van der Waals surface area contributed by atoms with Gasteiger partial charge in [0, 0.05) is 18.3 Å². The van der Waals surface area contributed by atoms with Crippen LogP contribution in [0.15, 0.2) is 66.0 Å². The largest absolute Gasteiger partial charge is 0.455 e. The molecule has 2 aromatic carbocycles. The standard InChI is InChI=1S/C25H25N3O4S/c29-22(27-21(19-10-5-2-6-11-19)14-18-8-3-1-4-9-18)16-32-24(31)15-20-17-33-25(26-20)28-13-7-12-23(28)30/h1-6,8-11,17,21H,7,12-16H2,(H,27,29). The van der Waals surface area contributed by atoms with Gasteiger partial charge in [0.1, 0.15) is 0 Å². The van der Waals surface area contributed by atoms with E-state index in [2.05, 4.69) is 10.3 Å². The van der Waals surface area contributed by atoms with E-state index in [1.165, 1.54) is 11.3 Å². The molecule has 1 aliphatic heterocycles. The first-order chi connectivity index (χ1) is 16.1. The van der Waals surface area contributed by atoms with Crippen molar-refractivity contribution in [3.8, 4) is 0 Å². The summed E-state index contributed by atoms with van der Waals surface area (Å²) >= 11 is 1.33. The first-order valence-corrected chi connectivity index (χ1v) is 11.7. The lowest BCUT2D eigenvalue weighted by molar-refractivity contribution is -0.148. The smallest absolute Gasteiger partial charge is 0.312 e. The highest BCUT2D eigenvalue weighted by molar-refractivity contribution is 7.14. The van der Waals surface area contributed by atoms with Crippen LogP contribution in [0.2, 0.25) is 0 Å². The van der Waals surface area contributed by atoms with Crippen LogP contribution in [-0.2, 0) is 32.0 Å². The summed E-state index contributed by atoms with van der Waals surface area (Å²) in [6, 6.07) is 19.4. The molecule has 1 atom stereocenters. The minimum Gasteiger partial charge on any atom is -0.455 e. The number of hydrogen-bond acceptors (Lipinski definition) is 6. The number of aromatic nitrogens is 1. The summed E-state index contributed by atoms with van der Waals surface area (Å²) in [5, 5.41) is 5.32. The molecular formula is C25H25N3O4S. The van der Waals surface area contributed by atoms with Crippen LogP contribution in [-0.4, -0.2) is 35.9 Å². The van der Waals surface area contributed by atoms with Gasteiger partial charge in [-0.3, -0.25) is 19.3 Å². The molecule has 4 rings (SSSR count). The molecule has 1 N–H and O–H groups in total. The number of nitrogens with zero attached hydrogens (tertiary/aromatic N) is 2. The maximum absolute atomic E-state index is 12.5. The van der Waals surface area contributed by atoms with E-state index in [9.17, 15) is 14.4 Å². The Morgan fingerprint density at radius 3 is 2.52 bits per heavy atom. The van der Waals surface area contributed by atoms with Crippen molar-refractivity contribution in [1.82, 2.24) is 10.3 Å². The molecule has 2 heterocycles. The topological polar surface area (TPSA) is 88.6 Å². The van der Waals surface area contributed by atoms with E-state index in [-0.39, 0.29) is 30.9 Å². The number of benzene rings is 2. The van der Waals surface area contributed by atoms with Crippen molar-refractivity contribution >= 4 is 34.3 Å². The van der Waals surface area contributed by atoms with Crippen LogP contribution in [0, 0.1) is 0 Å². The zero-order chi connectivity index (χ0) is 23.0. The average molecular weight is 464 g/mol. The van der Waals surface area contributed by atoms with Gasteiger partial charge in [-0.15, -0.1) is 11.3 Å². The predicted octanol–water partition coefficient (Wildman–Crippen LogP) is 3.46. The molecule has 1 unspecified atom stereocenters. The fourth-order valence-electron chi connectivity index (χ4n) is 3.72. The lowest BCUT2D eigenvalue weighted by atomic mass is 9.99. The molecule has 0 bridgehead atoms. The maximum atomic E-state index is 12.5. The molecule has 3 aromatic rings. The molecule has 0 saturated carbocycles. The number of anilines is 1. The number of esters is 1. The average Bonchev–Trinajstić information content (AvgIpc) is 3.47. The third-order valence-electron chi connectivity index (χ3n) is 5.35. The van der Waals surface area contributed by atoms with Crippen molar-refractivity contribution in [1.29, 1.82) is 0 Å². The number of nitrogens with one attached hydrogen (secondary N) is 1. The third-order valence-corrected chi connectivity index (χ3v) is 6.27. The first-order valence-electron chi connectivity index (χ1n) is 10.9. The molecule has 2 amide bonds. The van der Waals surface area contributed by atoms with Crippen LogP contribution in [0.1, 0.15) is 35.7 Å². The summed E-state index contributed by atoms with van der Waals surface area (Å²) in [5.74, 6) is -0.845. The molecule has 8 heteroatoms. The maximum Gasteiger partial charge on any atom is 0.312 e. The van der Waals surface area contributed by atoms with Gasteiger partial charge in [0.05, 0.1) is 18.2 Å². The van der Waals surface area contributed by atoms with E-state index in [0.717, 1.165) is 17.5 Å². The lowest BCUT2D eigenvalue weighted by Gasteiger charge is -2.19. The molecule has 1 saturated heterocycles.